The molecule has 6 aromatic heterocycles. The Morgan fingerprint density at radius 1 is 0.273 bits per heavy atom. The Hall–Kier alpha value is -8.74. The van der Waals surface area contributed by atoms with E-state index in [4.69, 9.17) is 0 Å². The fourth-order valence-electron chi connectivity index (χ4n) is 11.1. The minimum atomic E-state index is 1.11. The van der Waals surface area contributed by atoms with Crippen LogP contribution >= 0.6 is 0 Å². The summed E-state index contributed by atoms with van der Waals surface area (Å²) in [5.74, 6) is 0. The van der Waals surface area contributed by atoms with Crippen LogP contribution in [0.4, 0.5) is 0 Å². The van der Waals surface area contributed by atoms with Crippen LogP contribution in [0.5, 0.6) is 0 Å². The van der Waals surface area contributed by atoms with Crippen molar-refractivity contribution < 1.29 is 0 Å². The van der Waals surface area contributed by atoms with Gasteiger partial charge >= 0.3 is 0 Å². The summed E-state index contributed by atoms with van der Waals surface area (Å²) in [6, 6.07) is 66.7. The molecule has 0 saturated carbocycles. The summed E-state index contributed by atoms with van der Waals surface area (Å²) in [5, 5.41) is 9.64. The zero-order valence-corrected chi connectivity index (χ0v) is 36.3. The molecule has 0 unspecified atom stereocenters. The Balaban J connectivity index is 0.856. The first-order valence-electron chi connectivity index (χ1n) is 22.5. The van der Waals surface area contributed by atoms with Crippen molar-refractivity contribution in [1.82, 2.24) is 28.2 Å². The van der Waals surface area contributed by atoms with Crippen LogP contribution in [0, 0.1) is 13.8 Å². The molecule has 6 nitrogen and oxygen atoms in total. The van der Waals surface area contributed by atoms with Crippen LogP contribution in [0.1, 0.15) is 11.1 Å². The van der Waals surface area contributed by atoms with Crippen LogP contribution in [-0.4, -0.2) is 28.2 Å². The van der Waals surface area contributed by atoms with Gasteiger partial charge in [-0.05, 0) is 133 Å². The van der Waals surface area contributed by atoms with E-state index in [2.05, 4.69) is 224 Å². The molecule has 0 atom stereocenters. The van der Waals surface area contributed by atoms with E-state index < -0.39 is 0 Å². The Bertz CT molecular complexity index is 3940. The van der Waals surface area contributed by atoms with E-state index in [1.807, 2.05) is 24.8 Å². The number of benzene rings is 8. The topological polar surface area (TPSA) is 45.5 Å². The van der Waals surface area contributed by atoms with Crippen LogP contribution in [0.25, 0.3) is 121 Å². The Kier molecular flexibility index (Phi) is 7.72. The lowest BCUT2D eigenvalue weighted by atomic mass is 9.95. The van der Waals surface area contributed by atoms with E-state index in [1.165, 1.54) is 71.3 Å². The summed E-state index contributed by atoms with van der Waals surface area (Å²) in [7, 11) is 0. The average molecular weight is 845 g/mol. The second kappa shape index (κ2) is 13.9. The molecule has 0 aliphatic carbocycles. The first-order chi connectivity index (χ1) is 32.6. The van der Waals surface area contributed by atoms with Crippen molar-refractivity contribution in [2.75, 3.05) is 0 Å². The fraction of sp³-hybridized carbons (Fsp3) is 0.0333. The van der Waals surface area contributed by atoms with Crippen LogP contribution < -0.4 is 0 Å². The first-order valence-corrected chi connectivity index (χ1v) is 22.5. The minimum absolute atomic E-state index is 1.11. The van der Waals surface area contributed by atoms with Crippen LogP contribution in [0.15, 0.2) is 207 Å². The summed E-state index contributed by atoms with van der Waals surface area (Å²) in [5.41, 5.74) is 18.8. The van der Waals surface area contributed by atoms with Gasteiger partial charge in [-0.2, -0.15) is 0 Å². The summed E-state index contributed by atoms with van der Waals surface area (Å²) in [6.45, 7) is 4.48. The number of pyridine rings is 2. The standard InChI is InChI=1S/C60H40N6/c1-37-31-39(63-55-17-9-5-13-47(55)49-33-41(21-25-57(49)63)65-53-15-7-3-11-45(53)46-12-4-8-16-54(46)65)19-23-43(37)44-24-20-40(32-38(44)2)64-58-26-22-42(34-50(58)52-36-62-30-28-60(52)64)66-56-18-10-6-14-48(56)51-35-61-29-27-59(51)66/h3-36H,1-2H3. The maximum atomic E-state index is 4.61. The van der Waals surface area contributed by atoms with E-state index in [0.717, 1.165) is 61.0 Å². The van der Waals surface area contributed by atoms with Gasteiger partial charge < -0.3 is 18.3 Å². The number of aryl methyl sites for hydroxylation is 2. The van der Waals surface area contributed by atoms with Gasteiger partial charge in [0.1, 0.15) is 0 Å². The molecule has 0 amide bonds. The lowest BCUT2D eigenvalue weighted by Crippen LogP contribution is -1.98. The van der Waals surface area contributed by atoms with Gasteiger partial charge in [0.25, 0.3) is 0 Å². The Morgan fingerprint density at radius 2 is 0.576 bits per heavy atom. The molecule has 0 fully saturated rings. The van der Waals surface area contributed by atoms with E-state index in [1.54, 1.807) is 0 Å². The molecule has 0 saturated heterocycles. The third kappa shape index (κ3) is 5.18. The number of hydrogen-bond donors (Lipinski definition) is 0. The Labute approximate surface area is 379 Å². The van der Waals surface area contributed by atoms with Gasteiger partial charge in [-0.1, -0.05) is 84.9 Å². The molecule has 8 aromatic carbocycles. The number of hydrogen-bond acceptors (Lipinski definition) is 2. The summed E-state index contributed by atoms with van der Waals surface area (Å²) < 4.78 is 9.56. The highest BCUT2D eigenvalue weighted by Crippen LogP contribution is 2.40. The fourth-order valence-corrected chi connectivity index (χ4v) is 11.1. The number of para-hydroxylation sites is 4. The van der Waals surface area contributed by atoms with E-state index >= 15 is 0 Å². The van der Waals surface area contributed by atoms with Crippen molar-refractivity contribution in [2.24, 2.45) is 0 Å². The molecular weight excluding hydrogens is 805 g/mol. The monoisotopic (exact) mass is 844 g/mol. The van der Waals surface area contributed by atoms with Gasteiger partial charge in [-0.15, -0.1) is 0 Å². The summed E-state index contributed by atoms with van der Waals surface area (Å²) in [4.78, 5) is 9.07. The third-order valence-corrected chi connectivity index (χ3v) is 14.0. The highest BCUT2D eigenvalue weighted by Gasteiger charge is 2.20. The molecule has 6 heterocycles. The second-order valence-corrected chi connectivity index (χ2v) is 17.6. The molecule has 0 aliphatic heterocycles. The molecule has 66 heavy (non-hydrogen) atoms. The molecule has 0 bridgehead atoms. The lowest BCUT2D eigenvalue weighted by molar-refractivity contribution is 1.15. The number of rotatable bonds is 5. The maximum absolute atomic E-state index is 4.61. The molecule has 14 aromatic rings. The number of aromatic nitrogens is 6. The van der Waals surface area contributed by atoms with Gasteiger partial charge in [0.2, 0.25) is 0 Å². The summed E-state index contributed by atoms with van der Waals surface area (Å²) in [6.07, 6.45) is 7.75. The molecule has 6 heteroatoms. The second-order valence-electron chi connectivity index (χ2n) is 17.6. The molecule has 0 aliphatic rings. The summed E-state index contributed by atoms with van der Waals surface area (Å²) >= 11 is 0. The molecule has 0 spiro atoms. The van der Waals surface area contributed by atoms with Crippen molar-refractivity contribution in [3.8, 4) is 33.9 Å². The number of nitrogens with zero attached hydrogens (tertiary/aromatic N) is 6. The van der Waals surface area contributed by atoms with Gasteiger partial charge in [-0.25, -0.2) is 0 Å². The van der Waals surface area contributed by atoms with E-state index in [0.29, 0.717) is 0 Å². The third-order valence-electron chi connectivity index (χ3n) is 14.0. The maximum Gasteiger partial charge on any atom is 0.0571 e. The van der Waals surface area contributed by atoms with Crippen LogP contribution in [0.2, 0.25) is 0 Å². The van der Waals surface area contributed by atoms with Crippen molar-refractivity contribution >= 4 is 87.2 Å². The minimum Gasteiger partial charge on any atom is -0.309 e. The smallest absolute Gasteiger partial charge is 0.0571 e. The first kappa shape index (κ1) is 36.7. The zero-order chi connectivity index (χ0) is 43.6. The van der Waals surface area contributed by atoms with Gasteiger partial charge in [-0.3, -0.25) is 9.97 Å². The largest absolute Gasteiger partial charge is 0.309 e. The quantitative estimate of drug-likeness (QED) is 0.173. The Morgan fingerprint density at radius 3 is 1.00 bits per heavy atom. The molecule has 0 radical (unpaired) electrons. The van der Waals surface area contributed by atoms with Gasteiger partial charge in [0, 0.05) is 90.6 Å². The number of fused-ring (bicyclic) bond motifs is 12. The lowest BCUT2D eigenvalue weighted by Gasteiger charge is -2.16. The van der Waals surface area contributed by atoms with Crippen molar-refractivity contribution in [3.63, 3.8) is 0 Å². The van der Waals surface area contributed by atoms with Crippen molar-refractivity contribution in [1.29, 1.82) is 0 Å². The van der Waals surface area contributed by atoms with Gasteiger partial charge in [0.15, 0.2) is 0 Å². The van der Waals surface area contributed by atoms with E-state index in [9.17, 15) is 0 Å². The highest BCUT2D eigenvalue weighted by atomic mass is 15.0. The molecular formula is C60H40N6. The van der Waals surface area contributed by atoms with E-state index in [-0.39, 0.29) is 0 Å². The van der Waals surface area contributed by atoms with Crippen LogP contribution in [0.3, 0.4) is 0 Å². The highest BCUT2D eigenvalue weighted by molar-refractivity contribution is 6.14. The molecule has 14 rings (SSSR count). The van der Waals surface area contributed by atoms with Gasteiger partial charge in [0.05, 0.1) is 44.1 Å². The SMILES string of the molecule is Cc1cc(-n2c3ccccc3c3cc(-n4c5ccccc5c5ccccc54)ccc32)ccc1-c1ccc(-n2c3ccncc3c3cc(-n4c5ccccc5c5cnccc54)ccc32)cc1C. The normalized spacial score (nSPS) is 12.1. The predicted octanol–water partition coefficient (Wildman–Crippen LogP) is 15.1. The predicted molar refractivity (Wildman–Crippen MR) is 274 cm³/mol. The molecule has 310 valence electrons. The zero-order valence-electron chi connectivity index (χ0n) is 36.3. The van der Waals surface area contributed by atoms with Crippen molar-refractivity contribution in [2.45, 2.75) is 13.8 Å². The van der Waals surface area contributed by atoms with Crippen LogP contribution in [-0.2, 0) is 0 Å². The van der Waals surface area contributed by atoms with Crippen molar-refractivity contribution in [3.05, 3.63) is 218 Å². The molecule has 0 N–H and O–H groups in total. The average Bonchev–Trinajstić information content (AvgIpc) is 4.09.